The molecule has 0 N–H and O–H groups in total. The summed E-state index contributed by atoms with van der Waals surface area (Å²) in [6.07, 6.45) is 4.21. The molecule has 0 aromatic heterocycles. The zero-order chi connectivity index (χ0) is 9.42. The van der Waals surface area contributed by atoms with Crippen molar-refractivity contribution in [1.29, 1.82) is 0 Å². The molecule has 1 aliphatic carbocycles. The SMILES string of the molecule is C=Cc1c(C)ccc2c1C(=C)CC2. The van der Waals surface area contributed by atoms with Gasteiger partial charge >= 0.3 is 0 Å². The second kappa shape index (κ2) is 2.88. The Kier molecular flexibility index (Phi) is 1.84. The summed E-state index contributed by atoms with van der Waals surface area (Å²) < 4.78 is 0. The molecule has 0 saturated carbocycles. The van der Waals surface area contributed by atoms with Crippen LogP contribution in [0.25, 0.3) is 11.6 Å². The minimum absolute atomic E-state index is 1.11. The van der Waals surface area contributed by atoms with Crippen molar-refractivity contribution in [3.8, 4) is 0 Å². The van der Waals surface area contributed by atoms with Crippen LogP contribution in [-0.2, 0) is 6.42 Å². The molecule has 0 heterocycles. The predicted octanol–water partition coefficient (Wildman–Crippen LogP) is 3.60. The fourth-order valence-electron chi connectivity index (χ4n) is 2.07. The highest BCUT2D eigenvalue weighted by atomic mass is 14.2. The summed E-state index contributed by atoms with van der Waals surface area (Å²) in [6, 6.07) is 4.39. The van der Waals surface area contributed by atoms with E-state index in [2.05, 4.69) is 32.2 Å². The lowest BCUT2D eigenvalue weighted by Gasteiger charge is -2.08. The molecule has 0 nitrogen and oxygen atoms in total. The normalized spacial score (nSPS) is 14.4. The Morgan fingerprint density at radius 3 is 2.77 bits per heavy atom. The van der Waals surface area contributed by atoms with E-state index >= 15 is 0 Å². The molecule has 13 heavy (non-hydrogen) atoms. The summed E-state index contributed by atoms with van der Waals surface area (Å²) in [7, 11) is 0. The van der Waals surface area contributed by atoms with Crippen LogP contribution in [0.3, 0.4) is 0 Å². The maximum absolute atomic E-state index is 4.10. The number of aryl methyl sites for hydroxylation is 2. The van der Waals surface area contributed by atoms with Gasteiger partial charge < -0.3 is 0 Å². The van der Waals surface area contributed by atoms with Crippen LogP contribution < -0.4 is 0 Å². The zero-order valence-corrected chi connectivity index (χ0v) is 8.06. The van der Waals surface area contributed by atoms with E-state index in [0.717, 1.165) is 12.8 Å². The quantitative estimate of drug-likeness (QED) is 0.604. The summed E-state index contributed by atoms with van der Waals surface area (Å²) in [5.41, 5.74) is 6.64. The zero-order valence-electron chi connectivity index (χ0n) is 8.06. The molecule has 0 atom stereocenters. The van der Waals surface area contributed by atoms with Gasteiger partial charge in [0.15, 0.2) is 0 Å². The Labute approximate surface area is 79.6 Å². The number of hydrogen-bond donors (Lipinski definition) is 0. The fraction of sp³-hybridized carbons (Fsp3) is 0.231. The third-order valence-corrected chi connectivity index (χ3v) is 2.80. The highest BCUT2D eigenvalue weighted by Gasteiger charge is 2.17. The maximum atomic E-state index is 4.10. The van der Waals surface area contributed by atoms with Gasteiger partial charge in [0.2, 0.25) is 0 Å². The number of hydrogen-bond acceptors (Lipinski definition) is 0. The molecule has 0 bridgehead atoms. The van der Waals surface area contributed by atoms with E-state index in [1.54, 1.807) is 0 Å². The molecule has 1 aromatic rings. The van der Waals surface area contributed by atoms with Gasteiger partial charge in [-0.2, -0.15) is 0 Å². The van der Waals surface area contributed by atoms with Gasteiger partial charge in [0, 0.05) is 0 Å². The van der Waals surface area contributed by atoms with E-state index in [1.165, 1.54) is 27.8 Å². The van der Waals surface area contributed by atoms with Crippen LogP contribution in [0.4, 0.5) is 0 Å². The van der Waals surface area contributed by atoms with Gasteiger partial charge in [-0.25, -0.2) is 0 Å². The number of benzene rings is 1. The van der Waals surface area contributed by atoms with E-state index in [9.17, 15) is 0 Å². The van der Waals surface area contributed by atoms with E-state index in [0.29, 0.717) is 0 Å². The summed E-state index contributed by atoms with van der Waals surface area (Å²) >= 11 is 0. The molecule has 66 valence electrons. The Morgan fingerprint density at radius 1 is 1.31 bits per heavy atom. The minimum atomic E-state index is 1.11. The standard InChI is InChI=1S/C13H14/c1-4-12-9(2)5-7-11-8-6-10(3)13(11)12/h4-5,7H,1,3,6,8H2,2H3. The van der Waals surface area contributed by atoms with Gasteiger partial charge in [-0.15, -0.1) is 0 Å². The molecular weight excluding hydrogens is 156 g/mol. The van der Waals surface area contributed by atoms with Crippen molar-refractivity contribution in [2.75, 3.05) is 0 Å². The van der Waals surface area contributed by atoms with Gasteiger partial charge in [0.25, 0.3) is 0 Å². The molecule has 0 aliphatic heterocycles. The topological polar surface area (TPSA) is 0 Å². The van der Waals surface area contributed by atoms with Crippen molar-refractivity contribution in [3.05, 3.63) is 47.5 Å². The minimum Gasteiger partial charge on any atom is -0.0984 e. The second-order valence-electron chi connectivity index (χ2n) is 3.64. The maximum Gasteiger partial charge on any atom is -0.0123 e. The first kappa shape index (κ1) is 8.31. The molecule has 0 amide bonds. The smallest absolute Gasteiger partial charge is 0.0123 e. The Hall–Kier alpha value is -1.30. The van der Waals surface area contributed by atoms with Crippen LogP contribution in [-0.4, -0.2) is 0 Å². The van der Waals surface area contributed by atoms with Crippen molar-refractivity contribution in [2.45, 2.75) is 19.8 Å². The lowest BCUT2D eigenvalue weighted by atomic mass is 9.97. The van der Waals surface area contributed by atoms with Crippen LogP contribution in [0.2, 0.25) is 0 Å². The van der Waals surface area contributed by atoms with Gasteiger partial charge in [-0.1, -0.05) is 31.4 Å². The third-order valence-electron chi connectivity index (χ3n) is 2.80. The third kappa shape index (κ3) is 1.14. The molecule has 0 saturated heterocycles. The molecule has 0 fully saturated rings. The van der Waals surface area contributed by atoms with E-state index in [1.807, 2.05) is 6.08 Å². The van der Waals surface area contributed by atoms with Gasteiger partial charge in [-0.05, 0) is 47.6 Å². The Morgan fingerprint density at radius 2 is 2.08 bits per heavy atom. The van der Waals surface area contributed by atoms with Crippen molar-refractivity contribution >= 4 is 11.6 Å². The summed E-state index contributed by atoms with van der Waals surface area (Å²) in [6.45, 7) is 10.1. The first-order valence-electron chi connectivity index (χ1n) is 4.67. The summed E-state index contributed by atoms with van der Waals surface area (Å²) in [5.74, 6) is 0. The Bertz CT molecular complexity index is 383. The monoisotopic (exact) mass is 170 g/mol. The second-order valence-corrected chi connectivity index (χ2v) is 3.64. The van der Waals surface area contributed by atoms with Crippen LogP contribution in [0.1, 0.15) is 28.7 Å². The first-order valence-corrected chi connectivity index (χ1v) is 4.67. The fourth-order valence-corrected chi connectivity index (χ4v) is 2.07. The predicted molar refractivity (Wildman–Crippen MR) is 58.6 cm³/mol. The highest BCUT2D eigenvalue weighted by Crippen LogP contribution is 2.35. The Balaban J connectivity index is 2.74. The number of rotatable bonds is 1. The van der Waals surface area contributed by atoms with Gasteiger partial charge in [-0.3, -0.25) is 0 Å². The van der Waals surface area contributed by atoms with Crippen LogP contribution >= 0.6 is 0 Å². The van der Waals surface area contributed by atoms with Gasteiger partial charge in [0.1, 0.15) is 0 Å². The molecular formula is C13H14. The molecule has 1 aromatic carbocycles. The average molecular weight is 170 g/mol. The molecule has 2 rings (SSSR count). The number of allylic oxidation sites excluding steroid dienone is 1. The van der Waals surface area contributed by atoms with E-state index < -0.39 is 0 Å². The highest BCUT2D eigenvalue weighted by molar-refractivity contribution is 5.79. The van der Waals surface area contributed by atoms with Crippen molar-refractivity contribution in [2.24, 2.45) is 0 Å². The largest absolute Gasteiger partial charge is 0.0984 e. The van der Waals surface area contributed by atoms with Crippen molar-refractivity contribution in [3.63, 3.8) is 0 Å². The average Bonchev–Trinajstić information content (AvgIpc) is 2.49. The molecule has 1 aliphatic rings. The summed E-state index contributed by atoms with van der Waals surface area (Å²) in [4.78, 5) is 0. The number of fused-ring (bicyclic) bond motifs is 1. The lowest BCUT2D eigenvalue weighted by Crippen LogP contribution is -1.89. The van der Waals surface area contributed by atoms with E-state index in [-0.39, 0.29) is 0 Å². The van der Waals surface area contributed by atoms with Crippen LogP contribution in [0.5, 0.6) is 0 Å². The first-order chi connectivity index (χ1) is 6.24. The van der Waals surface area contributed by atoms with Gasteiger partial charge in [0.05, 0.1) is 0 Å². The van der Waals surface area contributed by atoms with Crippen LogP contribution in [0, 0.1) is 6.92 Å². The van der Waals surface area contributed by atoms with Crippen LogP contribution in [0.15, 0.2) is 25.3 Å². The molecule has 0 heteroatoms. The van der Waals surface area contributed by atoms with Crippen molar-refractivity contribution in [1.82, 2.24) is 0 Å². The molecule has 0 radical (unpaired) electrons. The molecule has 0 spiro atoms. The van der Waals surface area contributed by atoms with Crippen molar-refractivity contribution < 1.29 is 0 Å². The summed E-state index contributed by atoms with van der Waals surface area (Å²) in [5, 5.41) is 0. The lowest BCUT2D eigenvalue weighted by molar-refractivity contribution is 1.08. The molecule has 0 unspecified atom stereocenters. The van der Waals surface area contributed by atoms with E-state index in [4.69, 9.17) is 0 Å².